The van der Waals surface area contributed by atoms with Gasteiger partial charge in [-0.3, -0.25) is 0 Å². The Bertz CT molecular complexity index is 387. The second-order valence-electron chi connectivity index (χ2n) is 3.19. The zero-order chi connectivity index (χ0) is 9.97. The maximum absolute atomic E-state index is 10.5. The largest absolute Gasteiger partial charge is 0.195 e. The molecule has 0 aromatic heterocycles. The molecular weight excluding hydrogens is 182 g/mol. The molecule has 0 saturated carbocycles. The van der Waals surface area contributed by atoms with Gasteiger partial charge in [-0.15, -0.1) is 0 Å². The second-order valence-corrected chi connectivity index (χ2v) is 3.19. The van der Waals surface area contributed by atoms with E-state index in [-0.39, 0.29) is 0 Å². The highest BCUT2D eigenvalue weighted by atomic mass is 17.1. The lowest BCUT2D eigenvalue weighted by Crippen LogP contribution is -2.12. The predicted molar refractivity (Wildman–Crippen MR) is 47.6 cm³/mol. The van der Waals surface area contributed by atoms with Gasteiger partial charge in [0.15, 0.2) is 0 Å². The molecule has 2 unspecified atom stereocenters. The van der Waals surface area contributed by atoms with Crippen molar-refractivity contribution < 1.29 is 10.1 Å². The fourth-order valence-corrected chi connectivity index (χ4v) is 1.82. The van der Waals surface area contributed by atoms with Crippen LogP contribution in [0.1, 0.15) is 17.2 Å². The minimum Gasteiger partial charge on any atom is -0.195 e. The molecule has 2 rings (SSSR count). The Hall–Kier alpha value is -1.55. The Kier molecular flexibility index (Phi) is 2.37. The van der Waals surface area contributed by atoms with Gasteiger partial charge in [-0.1, -0.05) is 29.4 Å². The normalized spacial score (nSPS) is 24.1. The van der Waals surface area contributed by atoms with Crippen LogP contribution in [0.2, 0.25) is 0 Å². The van der Waals surface area contributed by atoms with Crippen LogP contribution < -0.4 is 0 Å². The third kappa shape index (κ3) is 1.33. The highest BCUT2D eigenvalue weighted by Crippen LogP contribution is 2.35. The summed E-state index contributed by atoms with van der Waals surface area (Å²) in [6, 6.07) is 7.05. The van der Waals surface area contributed by atoms with Crippen LogP contribution in [0.25, 0.3) is 10.4 Å². The molecule has 1 aliphatic carbocycles. The van der Waals surface area contributed by atoms with Crippen LogP contribution in [-0.2, 0) is 16.6 Å². The van der Waals surface area contributed by atoms with Crippen LogP contribution in [0.15, 0.2) is 29.4 Å². The highest BCUT2D eigenvalue weighted by molar-refractivity contribution is 5.36. The van der Waals surface area contributed by atoms with Gasteiger partial charge in [-0.05, 0) is 28.3 Å². The van der Waals surface area contributed by atoms with E-state index in [0.717, 1.165) is 11.1 Å². The van der Waals surface area contributed by atoms with E-state index in [1.54, 1.807) is 0 Å². The molecule has 5 nitrogen and oxygen atoms in total. The maximum atomic E-state index is 10.5. The van der Waals surface area contributed by atoms with Crippen LogP contribution in [0, 0.1) is 0 Å². The SMILES string of the molecule is [N-]=[N+]=NC1Cc2ccccc2C1O[O]. The van der Waals surface area contributed by atoms with Gasteiger partial charge in [0.25, 0.3) is 0 Å². The fraction of sp³-hybridized carbons (Fsp3) is 0.333. The number of azide groups is 1. The molecule has 1 radical (unpaired) electrons. The molecule has 71 valence electrons. The van der Waals surface area contributed by atoms with Crippen molar-refractivity contribution in [2.24, 2.45) is 5.11 Å². The highest BCUT2D eigenvalue weighted by Gasteiger charge is 2.33. The number of hydrogen-bond acceptors (Lipinski definition) is 2. The predicted octanol–water partition coefficient (Wildman–Crippen LogP) is 2.32. The van der Waals surface area contributed by atoms with Crippen LogP contribution in [0.4, 0.5) is 0 Å². The molecule has 2 atom stereocenters. The van der Waals surface area contributed by atoms with Crippen LogP contribution in [0.5, 0.6) is 0 Å². The molecule has 0 fully saturated rings. The minimum atomic E-state index is -0.637. The number of benzene rings is 1. The van der Waals surface area contributed by atoms with Crippen molar-refractivity contribution in [2.75, 3.05) is 0 Å². The quantitative estimate of drug-likeness (QED) is 0.232. The Balaban J connectivity index is 2.38. The molecule has 0 saturated heterocycles. The Morgan fingerprint density at radius 1 is 1.50 bits per heavy atom. The van der Waals surface area contributed by atoms with Crippen molar-refractivity contribution in [1.82, 2.24) is 0 Å². The molecule has 0 N–H and O–H groups in total. The number of nitrogens with zero attached hydrogens (tertiary/aromatic N) is 3. The van der Waals surface area contributed by atoms with Crippen LogP contribution in [-0.4, -0.2) is 6.04 Å². The van der Waals surface area contributed by atoms with E-state index >= 15 is 0 Å². The van der Waals surface area contributed by atoms with Crippen LogP contribution >= 0.6 is 0 Å². The molecule has 1 aromatic carbocycles. The topological polar surface area (TPSA) is 77.9 Å². The smallest absolute Gasteiger partial charge is 0.130 e. The van der Waals surface area contributed by atoms with Gasteiger partial charge in [0.1, 0.15) is 6.10 Å². The first kappa shape index (κ1) is 9.02. The lowest BCUT2D eigenvalue weighted by atomic mass is 10.1. The second kappa shape index (κ2) is 3.67. The zero-order valence-electron chi connectivity index (χ0n) is 7.33. The van der Waals surface area contributed by atoms with Gasteiger partial charge >= 0.3 is 0 Å². The van der Waals surface area contributed by atoms with Crippen molar-refractivity contribution in [3.8, 4) is 0 Å². The third-order valence-corrected chi connectivity index (χ3v) is 2.44. The monoisotopic (exact) mass is 190 g/mol. The van der Waals surface area contributed by atoms with E-state index in [9.17, 15) is 5.26 Å². The van der Waals surface area contributed by atoms with Gasteiger partial charge in [0, 0.05) is 4.91 Å². The summed E-state index contributed by atoms with van der Waals surface area (Å²) in [4.78, 5) is 6.79. The van der Waals surface area contributed by atoms with E-state index in [0.29, 0.717) is 6.42 Å². The summed E-state index contributed by atoms with van der Waals surface area (Å²) in [6.07, 6.45) is -0.0604. The molecule has 14 heavy (non-hydrogen) atoms. The standard InChI is InChI=1S/C9H8N3O2/c10-12-11-8-5-6-3-1-2-4-7(6)9(8)14-13/h1-4,8-9H,5H2. The number of hydrogen-bond donors (Lipinski definition) is 0. The summed E-state index contributed by atoms with van der Waals surface area (Å²) in [5.41, 5.74) is 10.2. The van der Waals surface area contributed by atoms with Crippen molar-refractivity contribution in [3.63, 3.8) is 0 Å². The summed E-state index contributed by atoms with van der Waals surface area (Å²) in [6.45, 7) is 0. The molecule has 1 aliphatic rings. The average Bonchev–Trinajstić information content (AvgIpc) is 2.55. The summed E-state index contributed by atoms with van der Waals surface area (Å²) in [7, 11) is 0. The summed E-state index contributed by atoms with van der Waals surface area (Å²) in [5, 5.41) is 14.0. The van der Waals surface area contributed by atoms with Crippen molar-refractivity contribution in [2.45, 2.75) is 18.6 Å². The van der Waals surface area contributed by atoms with Crippen molar-refractivity contribution >= 4 is 0 Å². The Labute approximate surface area is 80.5 Å². The first-order chi connectivity index (χ1) is 6.86. The van der Waals surface area contributed by atoms with Gasteiger partial charge in [-0.25, -0.2) is 0 Å². The molecular formula is C9H8N3O2. The Morgan fingerprint density at radius 2 is 2.29 bits per heavy atom. The lowest BCUT2D eigenvalue weighted by molar-refractivity contribution is -0.339. The van der Waals surface area contributed by atoms with Gasteiger partial charge in [-0.2, -0.15) is 4.89 Å². The molecule has 1 aromatic rings. The first-order valence-corrected chi connectivity index (χ1v) is 4.27. The van der Waals surface area contributed by atoms with Crippen LogP contribution in [0.3, 0.4) is 0 Å². The summed E-state index contributed by atoms with van der Waals surface area (Å²) in [5.74, 6) is 0. The average molecular weight is 190 g/mol. The minimum absolute atomic E-state index is 0.408. The Morgan fingerprint density at radius 3 is 3.00 bits per heavy atom. The number of rotatable bonds is 2. The summed E-state index contributed by atoms with van der Waals surface area (Å²) < 4.78 is 0. The van der Waals surface area contributed by atoms with E-state index < -0.39 is 12.1 Å². The van der Waals surface area contributed by atoms with Gasteiger partial charge in [0.05, 0.1) is 6.04 Å². The fourth-order valence-electron chi connectivity index (χ4n) is 1.82. The molecule has 0 heterocycles. The molecule has 5 heteroatoms. The number of fused-ring (bicyclic) bond motifs is 1. The zero-order valence-corrected chi connectivity index (χ0v) is 7.33. The van der Waals surface area contributed by atoms with E-state index in [1.165, 1.54) is 0 Å². The van der Waals surface area contributed by atoms with E-state index in [4.69, 9.17) is 5.53 Å². The van der Waals surface area contributed by atoms with E-state index in [2.05, 4.69) is 14.9 Å². The van der Waals surface area contributed by atoms with Crippen molar-refractivity contribution in [3.05, 3.63) is 45.8 Å². The summed E-state index contributed by atoms with van der Waals surface area (Å²) >= 11 is 0. The molecule has 0 bridgehead atoms. The molecule has 0 aliphatic heterocycles. The lowest BCUT2D eigenvalue weighted by Gasteiger charge is -2.09. The van der Waals surface area contributed by atoms with Gasteiger partial charge in [0.2, 0.25) is 0 Å². The molecule has 0 amide bonds. The van der Waals surface area contributed by atoms with E-state index in [1.807, 2.05) is 24.3 Å². The van der Waals surface area contributed by atoms with Gasteiger partial charge < -0.3 is 0 Å². The molecule has 0 spiro atoms. The maximum Gasteiger partial charge on any atom is 0.130 e. The first-order valence-electron chi connectivity index (χ1n) is 4.27. The van der Waals surface area contributed by atoms with Crippen molar-refractivity contribution in [1.29, 1.82) is 0 Å². The third-order valence-electron chi connectivity index (χ3n) is 2.44.